The summed E-state index contributed by atoms with van der Waals surface area (Å²) in [7, 11) is -3.35. The molecule has 0 amide bonds. The molecule has 2 N–H and O–H groups in total. The average Bonchev–Trinajstić information content (AvgIpc) is 2.37. The molecule has 5 heteroatoms. The zero-order chi connectivity index (χ0) is 13.9. The third-order valence-electron chi connectivity index (χ3n) is 2.91. The fourth-order valence-electron chi connectivity index (χ4n) is 1.86. The van der Waals surface area contributed by atoms with Gasteiger partial charge in [0.1, 0.15) is 0 Å². The number of pyridine rings is 1. The van der Waals surface area contributed by atoms with Gasteiger partial charge in [0.25, 0.3) is 0 Å². The van der Waals surface area contributed by atoms with Gasteiger partial charge >= 0.3 is 0 Å². The lowest BCUT2D eigenvalue weighted by Crippen LogP contribution is -2.11. The number of aryl methyl sites for hydroxylation is 2. The van der Waals surface area contributed by atoms with Gasteiger partial charge in [0, 0.05) is 12.4 Å². The molecule has 2 rings (SSSR count). The van der Waals surface area contributed by atoms with E-state index in [2.05, 4.69) is 4.98 Å². The third kappa shape index (κ3) is 3.32. The summed E-state index contributed by atoms with van der Waals surface area (Å²) >= 11 is 0. The lowest BCUT2D eigenvalue weighted by molar-refractivity contribution is 0.595. The van der Waals surface area contributed by atoms with Crippen LogP contribution in [-0.2, 0) is 16.3 Å². The van der Waals surface area contributed by atoms with Crippen molar-refractivity contribution in [2.45, 2.75) is 18.2 Å². The Morgan fingerprint density at radius 1 is 1.16 bits per heavy atom. The molecule has 4 nitrogen and oxygen atoms in total. The molecule has 0 bridgehead atoms. The topological polar surface area (TPSA) is 73.0 Å². The van der Waals surface area contributed by atoms with E-state index in [-0.39, 0.29) is 10.6 Å². The van der Waals surface area contributed by atoms with Gasteiger partial charge in [0.05, 0.1) is 16.3 Å². The second-order valence-corrected chi connectivity index (χ2v) is 6.54. The first-order chi connectivity index (χ1) is 8.99. The van der Waals surface area contributed by atoms with E-state index in [1.165, 1.54) is 0 Å². The summed E-state index contributed by atoms with van der Waals surface area (Å²) in [5.41, 5.74) is 8.00. The molecule has 2 aromatic rings. The van der Waals surface area contributed by atoms with Gasteiger partial charge in [-0.2, -0.15) is 0 Å². The van der Waals surface area contributed by atoms with Crippen LogP contribution in [0.1, 0.15) is 11.1 Å². The Kier molecular flexibility index (Phi) is 3.85. The Labute approximate surface area is 113 Å². The Hall–Kier alpha value is -1.88. The van der Waals surface area contributed by atoms with Crippen LogP contribution in [0.2, 0.25) is 0 Å². The molecule has 0 saturated heterocycles. The van der Waals surface area contributed by atoms with Gasteiger partial charge in [-0.05, 0) is 48.7 Å². The predicted molar refractivity (Wildman–Crippen MR) is 75.6 cm³/mol. The minimum absolute atomic E-state index is 0.0459. The fraction of sp³-hybridized carbons (Fsp3) is 0.214. The minimum atomic E-state index is -3.35. The third-order valence-corrected chi connectivity index (χ3v) is 4.69. The van der Waals surface area contributed by atoms with E-state index in [9.17, 15) is 8.42 Å². The molecule has 0 unspecified atom stereocenters. The number of rotatable bonds is 4. The minimum Gasteiger partial charge on any atom is -0.398 e. The highest BCUT2D eigenvalue weighted by molar-refractivity contribution is 7.91. The molecule has 0 aliphatic heterocycles. The first kappa shape index (κ1) is 13.5. The number of aromatic nitrogens is 1. The van der Waals surface area contributed by atoms with Gasteiger partial charge in [-0.3, -0.25) is 4.98 Å². The maximum atomic E-state index is 12.2. The first-order valence-electron chi connectivity index (χ1n) is 5.97. The number of anilines is 1. The van der Waals surface area contributed by atoms with Gasteiger partial charge in [-0.15, -0.1) is 0 Å². The highest BCUT2D eigenvalue weighted by Gasteiger charge is 2.17. The predicted octanol–water partition coefficient (Wildman–Crippen LogP) is 1.99. The summed E-state index contributed by atoms with van der Waals surface area (Å²) in [6.07, 6.45) is 3.77. The van der Waals surface area contributed by atoms with Crippen LogP contribution < -0.4 is 5.73 Å². The average molecular weight is 276 g/mol. The van der Waals surface area contributed by atoms with Gasteiger partial charge in [-0.1, -0.05) is 6.07 Å². The molecular formula is C14H16N2O2S. The van der Waals surface area contributed by atoms with Gasteiger partial charge < -0.3 is 5.73 Å². The lowest BCUT2D eigenvalue weighted by atomic mass is 10.2. The number of sulfone groups is 1. The molecule has 1 heterocycles. The Bertz CT molecular complexity index is 667. The quantitative estimate of drug-likeness (QED) is 0.867. The first-order valence-corrected chi connectivity index (χ1v) is 7.62. The molecule has 0 aliphatic rings. The lowest BCUT2D eigenvalue weighted by Gasteiger charge is -2.08. The van der Waals surface area contributed by atoms with Crippen molar-refractivity contribution in [1.82, 2.24) is 4.98 Å². The maximum absolute atomic E-state index is 12.2. The standard InChI is InChI=1S/C14H16N2O2S/c1-11-2-3-14(13(15)10-11)19(17,18)9-6-12-4-7-16-8-5-12/h2-5,7-8,10H,6,9,15H2,1H3. The molecule has 0 saturated carbocycles. The second kappa shape index (κ2) is 5.40. The second-order valence-electron chi connectivity index (χ2n) is 4.47. The summed E-state index contributed by atoms with van der Waals surface area (Å²) < 4.78 is 24.5. The molecule has 0 aliphatic carbocycles. The van der Waals surface area contributed by atoms with Crippen molar-refractivity contribution in [3.63, 3.8) is 0 Å². The van der Waals surface area contributed by atoms with Crippen LogP contribution in [0, 0.1) is 6.92 Å². The van der Waals surface area contributed by atoms with Crippen LogP contribution in [0.15, 0.2) is 47.6 Å². The van der Waals surface area contributed by atoms with Crippen molar-refractivity contribution in [1.29, 1.82) is 0 Å². The van der Waals surface area contributed by atoms with Crippen molar-refractivity contribution < 1.29 is 8.42 Å². The van der Waals surface area contributed by atoms with Crippen LogP contribution in [0.3, 0.4) is 0 Å². The largest absolute Gasteiger partial charge is 0.398 e. The summed E-state index contributed by atoms with van der Waals surface area (Å²) in [6.45, 7) is 1.88. The number of hydrogen-bond donors (Lipinski definition) is 1. The molecule has 0 spiro atoms. The van der Waals surface area contributed by atoms with Gasteiger partial charge in [0.15, 0.2) is 9.84 Å². The number of hydrogen-bond acceptors (Lipinski definition) is 4. The smallest absolute Gasteiger partial charge is 0.180 e. The van der Waals surface area contributed by atoms with E-state index in [1.807, 2.05) is 19.1 Å². The van der Waals surface area contributed by atoms with E-state index in [0.717, 1.165) is 11.1 Å². The Morgan fingerprint density at radius 2 is 1.84 bits per heavy atom. The van der Waals surface area contributed by atoms with Gasteiger partial charge in [-0.25, -0.2) is 8.42 Å². The monoisotopic (exact) mass is 276 g/mol. The number of nitrogens with two attached hydrogens (primary N) is 1. The number of benzene rings is 1. The fourth-order valence-corrected chi connectivity index (χ4v) is 3.28. The zero-order valence-electron chi connectivity index (χ0n) is 10.7. The summed E-state index contributed by atoms with van der Waals surface area (Å²) in [5, 5.41) is 0. The SMILES string of the molecule is Cc1ccc(S(=O)(=O)CCc2ccncc2)c(N)c1. The van der Waals surface area contributed by atoms with Crippen LogP contribution in [0.25, 0.3) is 0 Å². The van der Waals surface area contributed by atoms with Crippen LogP contribution >= 0.6 is 0 Å². The normalized spacial score (nSPS) is 11.4. The Balaban J connectivity index is 2.19. The molecular weight excluding hydrogens is 260 g/mol. The zero-order valence-corrected chi connectivity index (χ0v) is 11.5. The van der Waals surface area contributed by atoms with Crippen molar-refractivity contribution in [2.75, 3.05) is 11.5 Å². The maximum Gasteiger partial charge on any atom is 0.180 e. The van der Waals surface area contributed by atoms with Crippen LogP contribution in [0.5, 0.6) is 0 Å². The Morgan fingerprint density at radius 3 is 2.47 bits per heavy atom. The van der Waals surface area contributed by atoms with Crippen LogP contribution in [-0.4, -0.2) is 19.2 Å². The molecule has 19 heavy (non-hydrogen) atoms. The van der Waals surface area contributed by atoms with E-state index in [4.69, 9.17) is 5.73 Å². The molecule has 0 atom stereocenters. The van der Waals surface area contributed by atoms with E-state index < -0.39 is 9.84 Å². The summed E-state index contributed by atoms with van der Waals surface area (Å²) in [6, 6.07) is 8.64. The summed E-state index contributed by atoms with van der Waals surface area (Å²) in [4.78, 5) is 4.12. The van der Waals surface area contributed by atoms with Crippen molar-refractivity contribution in [3.8, 4) is 0 Å². The molecule has 100 valence electrons. The van der Waals surface area contributed by atoms with Crippen molar-refractivity contribution >= 4 is 15.5 Å². The van der Waals surface area contributed by atoms with Crippen LogP contribution in [0.4, 0.5) is 5.69 Å². The van der Waals surface area contributed by atoms with E-state index >= 15 is 0 Å². The number of nitrogens with zero attached hydrogens (tertiary/aromatic N) is 1. The molecule has 1 aromatic heterocycles. The summed E-state index contributed by atoms with van der Waals surface area (Å²) in [5.74, 6) is 0.0459. The number of nitrogen functional groups attached to an aromatic ring is 1. The molecule has 0 fully saturated rings. The van der Waals surface area contributed by atoms with Gasteiger partial charge in [0.2, 0.25) is 0 Å². The van der Waals surface area contributed by atoms with E-state index in [0.29, 0.717) is 12.1 Å². The highest BCUT2D eigenvalue weighted by Crippen LogP contribution is 2.21. The highest BCUT2D eigenvalue weighted by atomic mass is 32.2. The molecule has 1 aromatic carbocycles. The van der Waals surface area contributed by atoms with E-state index in [1.54, 1.807) is 30.6 Å². The molecule has 0 radical (unpaired) electrons. The van der Waals surface area contributed by atoms with Crippen molar-refractivity contribution in [2.24, 2.45) is 0 Å². The van der Waals surface area contributed by atoms with Crippen molar-refractivity contribution in [3.05, 3.63) is 53.9 Å².